The topological polar surface area (TPSA) is 18.5 Å². The molecule has 0 saturated heterocycles. The Balaban J connectivity index is 2.77. The molecule has 2 aromatic rings. The van der Waals surface area contributed by atoms with E-state index in [0.717, 1.165) is 22.3 Å². The fraction of sp³-hybridized carbons (Fsp3) is 0.167. The van der Waals surface area contributed by atoms with Crippen molar-refractivity contribution in [1.29, 1.82) is 0 Å². The first-order valence-corrected chi connectivity index (χ1v) is 4.37. The van der Waals surface area contributed by atoms with Crippen LogP contribution in [0.25, 0.3) is 10.8 Å². The van der Waals surface area contributed by atoms with Crippen LogP contribution in [0, 0.1) is 6.07 Å². The molecule has 0 amide bonds. The fourth-order valence-corrected chi connectivity index (χ4v) is 1.53. The van der Waals surface area contributed by atoms with Crippen LogP contribution in [-0.2, 0) is 0 Å². The van der Waals surface area contributed by atoms with Gasteiger partial charge in [-0.2, -0.15) is 0 Å². The van der Waals surface area contributed by atoms with Crippen LogP contribution in [0.3, 0.4) is 0 Å². The lowest BCUT2D eigenvalue weighted by atomic mass is 10.1. The third-order valence-corrected chi connectivity index (χ3v) is 2.21. The third-order valence-electron chi connectivity index (χ3n) is 2.21. The molecule has 0 saturated carbocycles. The van der Waals surface area contributed by atoms with Gasteiger partial charge in [0.05, 0.1) is 14.2 Å². The number of methoxy groups -OCH3 is 2. The molecule has 71 valence electrons. The summed E-state index contributed by atoms with van der Waals surface area (Å²) in [6.45, 7) is 0. The molecule has 0 heterocycles. The van der Waals surface area contributed by atoms with E-state index in [9.17, 15) is 0 Å². The van der Waals surface area contributed by atoms with Crippen molar-refractivity contribution in [3.8, 4) is 11.5 Å². The number of benzene rings is 2. The normalized spacial score (nSPS) is 10.1. The Morgan fingerprint density at radius 1 is 0.929 bits per heavy atom. The second kappa shape index (κ2) is 3.58. The summed E-state index contributed by atoms with van der Waals surface area (Å²) in [6.07, 6.45) is 0. The highest BCUT2D eigenvalue weighted by molar-refractivity contribution is 5.92. The number of ether oxygens (including phenoxy) is 2. The van der Waals surface area contributed by atoms with Crippen LogP contribution in [-0.4, -0.2) is 14.2 Å². The smallest absolute Gasteiger partial charge is 0.127 e. The molecule has 0 bridgehead atoms. The Labute approximate surface area is 83.1 Å². The molecular formula is C12H11O2. The van der Waals surface area contributed by atoms with Crippen molar-refractivity contribution in [2.45, 2.75) is 0 Å². The van der Waals surface area contributed by atoms with E-state index in [4.69, 9.17) is 9.47 Å². The Kier molecular flexibility index (Phi) is 2.27. The van der Waals surface area contributed by atoms with Gasteiger partial charge in [0.25, 0.3) is 0 Å². The van der Waals surface area contributed by atoms with Gasteiger partial charge < -0.3 is 9.47 Å². The summed E-state index contributed by atoms with van der Waals surface area (Å²) in [5.41, 5.74) is 0. The van der Waals surface area contributed by atoms with Gasteiger partial charge in [0, 0.05) is 10.8 Å². The summed E-state index contributed by atoms with van der Waals surface area (Å²) in [5.74, 6) is 1.67. The minimum atomic E-state index is 0.821. The maximum atomic E-state index is 5.25. The van der Waals surface area contributed by atoms with Crippen LogP contribution in [0.5, 0.6) is 11.5 Å². The van der Waals surface area contributed by atoms with E-state index in [1.165, 1.54) is 0 Å². The molecule has 2 nitrogen and oxygen atoms in total. The highest BCUT2D eigenvalue weighted by atomic mass is 16.5. The van der Waals surface area contributed by atoms with E-state index in [-0.39, 0.29) is 0 Å². The lowest BCUT2D eigenvalue weighted by molar-refractivity contribution is 0.415. The lowest BCUT2D eigenvalue weighted by Gasteiger charge is -2.07. The van der Waals surface area contributed by atoms with Crippen molar-refractivity contribution < 1.29 is 9.47 Å². The van der Waals surface area contributed by atoms with Gasteiger partial charge in [-0.25, -0.2) is 0 Å². The van der Waals surface area contributed by atoms with Gasteiger partial charge in [-0.1, -0.05) is 12.1 Å². The number of rotatable bonds is 2. The van der Waals surface area contributed by atoms with Crippen molar-refractivity contribution in [2.24, 2.45) is 0 Å². The zero-order valence-corrected chi connectivity index (χ0v) is 8.20. The number of hydrogen-bond acceptors (Lipinski definition) is 2. The van der Waals surface area contributed by atoms with Crippen molar-refractivity contribution in [1.82, 2.24) is 0 Å². The van der Waals surface area contributed by atoms with Gasteiger partial charge in [-0.15, -0.1) is 0 Å². The third kappa shape index (κ3) is 1.29. The van der Waals surface area contributed by atoms with Gasteiger partial charge in [-0.3, -0.25) is 0 Å². The molecule has 0 aliphatic carbocycles. The first-order valence-electron chi connectivity index (χ1n) is 4.37. The van der Waals surface area contributed by atoms with Crippen LogP contribution in [0.1, 0.15) is 0 Å². The lowest BCUT2D eigenvalue weighted by Crippen LogP contribution is -1.88. The molecule has 0 aromatic heterocycles. The first kappa shape index (κ1) is 8.88. The van der Waals surface area contributed by atoms with Crippen molar-refractivity contribution >= 4 is 10.8 Å². The van der Waals surface area contributed by atoms with Crippen LogP contribution >= 0.6 is 0 Å². The summed E-state index contributed by atoms with van der Waals surface area (Å²) >= 11 is 0. The quantitative estimate of drug-likeness (QED) is 0.719. The Hall–Kier alpha value is -1.70. The summed E-state index contributed by atoms with van der Waals surface area (Å²) in [4.78, 5) is 0. The average Bonchev–Trinajstić information content (AvgIpc) is 2.27. The van der Waals surface area contributed by atoms with Crippen molar-refractivity contribution in [2.75, 3.05) is 14.2 Å². The molecule has 0 unspecified atom stereocenters. The predicted molar refractivity (Wildman–Crippen MR) is 55.9 cm³/mol. The molecule has 0 aliphatic rings. The van der Waals surface area contributed by atoms with Gasteiger partial charge in [0.15, 0.2) is 0 Å². The summed E-state index contributed by atoms with van der Waals surface area (Å²) in [7, 11) is 3.32. The fourth-order valence-electron chi connectivity index (χ4n) is 1.53. The second-order valence-corrected chi connectivity index (χ2v) is 2.95. The van der Waals surface area contributed by atoms with Crippen LogP contribution < -0.4 is 9.47 Å². The zero-order valence-electron chi connectivity index (χ0n) is 8.20. The van der Waals surface area contributed by atoms with Crippen LogP contribution in [0.4, 0.5) is 0 Å². The average molecular weight is 187 g/mol. The van der Waals surface area contributed by atoms with Crippen molar-refractivity contribution in [3.05, 3.63) is 36.4 Å². The van der Waals surface area contributed by atoms with E-state index < -0.39 is 0 Å². The second-order valence-electron chi connectivity index (χ2n) is 2.95. The molecule has 1 radical (unpaired) electrons. The Morgan fingerprint density at radius 3 is 2.43 bits per heavy atom. The summed E-state index contributed by atoms with van der Waals surface area (Å²) in [6, 6.07) is 12.6. The van der Waals surface area contributed by atoms with Gasteiger partial charge in [0.1, 0.15) is 11.5 Å². The summed E-state index contributed by atoms with van der Waals surface area (Å²) in [5, 5.41) is 2.07. The molecule has 2 rings (SSSR count). The molecule has 0 fully saturated rings. The molecule has 0 atom stereocenters. The summed E-state index contributed by atoms with van der Waals surface area (Å²) < 4.78 is 10.5. The van der Waals surface area contributed by atoms with Crippen molar-refractivity contribution in [3.63, 3.8) is 0 Å². The molecule has 2 heteroatoms. The molecule has 14 heavy (non-hydrogen) atoms. The number of hydrogen-bond donors (Lipinski definition) is 0. The SMILES string of the molecule is COc1cccc2c(OC)c[c]cc12. The molecule has 0 N–H and O–H groups in total. The maximum Gasteiger partial charge on any atom is 0.127 e. The largest absolute Gasteiger partial charge is 0.496 e. The van der Waals surface area contributed by atoms with E-state index >= 15 is 0 Å². The maximum absolute atomic E-state index is 5.25. The Bertz CT molecular complexity index is 406. The minimum absolute atomic E-state index is 0.821. The highest BCUT2D eigenvalue weighted by Gasteiger charge is 2.04. The highest BCUT2D eigenvalue weighted by Crippen LogP contribution is 2.31. The molecule has 2 aromatic carbocycles. The standard InChI is InChI=1S/C12H11O2/c1-13-11-7-3-6-10-9(11)5-4-8-12(10)14-2/h3,5-8H,1-2H3. The first-order chi connectivity index (χ1) is 6.86. The monoisotopic (exact) mass is 187 g/mol. The van der Waals surface area contributed by atoms with Gasteiger partial charge >= 0.3 is 0 Å². The van der Waals surface area contributed by atoms with Crippen LogP contribution in [0.2, 0.25) is 0 Å². The van der Waals surface area contributed by atoms with E-state index in [2.05, 4.69) is 6.07 Å². The van der Waals surface area contributed by atoms with E-state index in [1.54, 1.807) is 14.2 Å². The van der Waals surface area contributed by atoms with E-state index in [0.29, 0.717) is 0 Å². The zero-order chi connectivity index (χ0) is 9.97. The van der Waals surface area contributed by atoms with Crippen LogP contribution in [0.15, 0.2) is 30.3 Å². The molecule has 0 spiro atoms. The van der Waals surface area contributed by atoms with E-state index in [1.807, 2.05) is 30.3 Å². The predicted octanol–water partition coefficient (Wildman–Crippen LogP) is 2.66. The molecule has 0 aliphatic heterocycles. The Morgan fingerprint density at radius 2 is 1.71 bits per heavy atom. The number of fused-ring (bicyclic) bond motifs is 1. The minimum Gasteiger partial charge on any atom is -0.496 e. The molecular weight excluding hydrogens is 176 g/mol. The van der Waals surface area contributed by atoms with Gasteiger partial charge in [0.2, 0.25) is 0 Å². The van der Waals surface area contributed by atoms with Gasteiger partial charge in [-0.05, 0) is 24.3 Å².